The summed E-state index contributed by atoms with van der Waals surface area (Å²) in [6.45, 7) is 8.42. The summed E-state index contributed by atoms with van der Waals surface area (Å²) in [5.74, 6) is 0.361. The molecule has 0 spiro atoms. The van der Waals surface area contributed by atoms with Crippen LogP contribution in [-0.4, -0.2) is 5.11 Å². The van der Waals surface area contributed by atoms with Crippen LogP contribution in [-0.2, 0) is 27.1 Å². The molecule has 0 aromatic heterocycles. The van der Waals surface area contributed by atoms with Gasteiger partial charge in [0, 0.05) is 21.7 Å². The molecular formula is C16H21Cl2OTi-3. The van der Waals surface area contributed by atoms with Crippen molar-refractivity contribution in [2.24, 2.45) is 0 Å². The number of hydrogen-bond acceptors (Lipinski definition) is 1. The fraction of sp³-hybridized carbons (Fsp3) is 0.375. The number of rotatable bonds is 0. The van der Waals surface area contributed by atoms with Crippen molar-refractivity contribution in [1.82, 2.24) is 0 Å². The first-order valence-corrected chi connectivity index (χ1v) is 5.92. The van der Waals surface area contributed by atoms with Gasteiger partial charge < -0.3 is 29.9 Å². The summed E-state index contributed by atoms with van der Waals surface area (Å²) in [5, 5.41) is 9.36. The molecule has 1 aliphatic carbocycles. The molecule has 4 heteroatoms. The van der Waals surface area contributed by atoms with Gasteiger partial charge in [0.15, 0.2) is 0 Å². The third-order valence-electron chi connectivity index (χ3n) is 2.51. The zero-order valence-electron chi connectivity index (χ0n) is 12.4. The molecule has 1 aliphatic rings. The number of phenols is 1. The second-order valence-electron chi connectivity index (χ2n) is 5.31. The van der Waals surface area contributed by atoms with Crippen molar-refractivity contribution in [1.29, 1.82) is 0 Å². The van der Waals surface area contributed by atoms with Crippen LogP contribution in [0.5, 0.6) is 5.75 Å². The summed E-state index contributed by atoms with van der Waals surface area (Å²) in [5.41, 5.74) is 2.41. The average Bonchev–Trinajstić information content (AvgIpc) is 2.72. The van der Waals surface area contributed by atoms with Gasteiger partial charge in [0.05, 0.1) is 0 Å². The van der Waals surface area contributed by atoms with E-state index in [0.717, 1.165) is 12.0 Å². The molecule has 0 bridgehead atoms. The Morgan fingerprint density at radius 2 is 1.70 bits per heavy atom. The van der Waals surface area contributed by atoms with Crippen molar-refractivity contribution in [2.75, 3.05) is 0 Å². The maximum absolute atomic E-state index is 9.36. The van der Waals surface area contributed by atoms with Crippen LogP contribution in [0.1, 0.15) is 38.3 Å². The van der Waals surface area contributed by atoms with Gasteiger partial charge in [0.1, 0.15) is 5.75 Å². The van der Waals surface area contributed by atoms with E-state index in [-0.39, 0.29) is 51.9 Å². The molecule has 1 nitrogen and oxygen atoms in total. The average molecular weight is 348 g/mol. The van der Waals surface area contributed by atoms with Gasteiger partial charge in [0.2, 0.25) is 0 Å². The van der Waals surface area contributed by atoms with E-state index < -0.39 is 0 Å². The predicted octanol–water partition coefficient (Wildman–Crippen LogP) is -1.69. The van der Waals surface area contributed by atoms with Crippen molar-refractivity contribution < 1.29 is 51.6 Å². The molecular weight excluding hydrogens is 327 g/mol. The number of aryl methyl sites for hydroxylation is 1. The minimum atomic E-state index is 0. The van der Waals surface area contributed by atoms with Gasteiger partial charge in [-0.15, -0.1) is 6.42 Å². The van der Waals surface area contributed by atoms with E-state index in [4.69, 9.17) is 0 Å². The van der Waals surface area contributed by atoms with E-state index in [9.17, 15) is 5.11 Å². The van der Waals surface area contributed by atoms with E-state index in [2.05, 4.69) is 39.0 Å². The number of aromatic hydroxyl groups is 1. The van der Waals surface area contributed by atoms with E-state index in [1.807, 2.05) is 25.1 Å². The molecule has 1 N–H and O–H groups in total. The Balaban J connectivity index is -0.000000312. The quantitative estimate of drug-likeness (QED) is 0.438. The van der Waals surface area contributed by atoms with Crippen molar-refractivity contribution in [3.8, 4) is 5.75 Å². The van der Waals surface area contributed by atoms with Crippen LogP contribution in [0.4, 0.5) is 0 Å². The monoisotopic (exact) mass is 347 g/mol. The summed E-state index contributed by atoms with van der Waals surface area (Å²) in [7, 11) is 0. The Hall–Kier alpha value is -0.206. The molecule has 112 valence electrons. The molecule has 0 unspecified atom stereocenters. The first-order valence-electron chi connectivity index (χ1n) is 5.92. The minimum Gasteiger partial charge on any atom is -1.00 e. The van der Waals surface area contributed by atoms with Crippen LogP contribution in [0.3, 0.4) is 0 Å². The molecule has 1 aromatic carbocycles. The van der Waals surface area contributed by atoms with Gasteiger partial charge in [-0.1, -0.05) is 26.8 Å². The molecule has 1 aromatic rings. The van der Waals surface area contributed by atoms with E-state index in [1.165, 1.54) is 5.56 Å². The fourth-order valence-electron chi connectivity index (χ4n) is 1.54. The van der Waals surface area contributed by atoms with Crippen LogP contribution < -0.4 is 24.8 Å². The molecule has 0 atom stereocenters. The van der Waals surface area contributed by atoms with Gasteiger partial charge in [-0.3, -0.25) is 6.08 Å². The third-order valence-corrected chi connectivity index (χ3v) is 2.51. The topological polar surface area (TPSA) is 20.2 Å². The van der Waals surface area contributed by atoms with Gasteiger partial charge >= 0.3 is 0 Å². The van der Waals surface area contributed by atoms with Crippen LogP contribution in [0.15, 0.2) is 36.4 Å². The first-order chi connectivity index (χ1) is 7.89. The Kier molecular flexibility index (Phi) is 14.2. The molecule has 0 aliphatic heterocycles. The molecule has 0 saturated heterocycles. The summed E-state index contributed by atoms with van der Waals surface area (Å²) in [6, 6.07) is 5.71. The van der Waals surface area contributed by atoms with Gasteiger partial charge in [0.25, 0.3) is 0 Å². The largest absolute Gasteiger partial charge is 1.00 e. The van der Waals surface area contributed by atoms with Crippen molar-refractivity contribution in [3.63, 3.8) is 0 Å². The summed E-state index contributed by atoms with van der Waals surface area (Å²) < 4.78 is 0. The second-order valence-corrected chi connectivity index (χ2v) is 5.31. The second kappa shape index (κ2) is 11.5. The maximum atomic E-state index is 9.36. The van der Waals surface area contributed by atoms with Crippen LogP contribution in [0, 0.1) is 13.0 Å². The smallest absolute Gasteiger partial charge is 0.116 e. The van der Waals surface area contributed by atoms with Crippen molar-refractivity contribution in [2.45, 2.75) is 39.5 Å². The standard InChI is InChI=1S/C11H16O.C5H5.2ClH.Ti/c1-8-5-9(11(2,3)4)7-10(12)6-8;1-2-4-5-3-1;;;/h5-7,12H,1-4H3;1-3H,4H2;2*1H;/q;-1;;;/p-2. The van der Waals surface area contributed by atoms with E-state index >= 15 is 0 Å². The number of hydrogen-bond donors (Lipinski definition) is 1. The Bertz CT molecular complexity index is 404. The molecule has 2 rings (SSSR count). The molecule has 0 radical (unpaired) electrons. The normalized spacial score (nSPS) is 11.4. The number of benzene rings is 1. The fourth-order valence-corrected chi connectivity index (χ4v) is 1.54. The Morgan fingerprint density at radius 1 is 1.10 bits per heavy atom. The van der Waals surface area contributed by atoms with E-state index in [1.54, 1.807) is 6.07 Å². The van der Waals surface area contributed by atoms with Crippen LogP contribution >= 0.6 is 0 Å². The Morgan fingerprint density at radius 3 is 2.00 bits per heavy atom. The van der Waals surface area contributed by atoms with Gasteiger partial charge in [-0.25, -0.2) is 12.2 Å². The molecule has 0 heterocycles. The molecule has 0 fully saturated rings. The van der Waals surface area contributed by atoms with Crippen LogP contribution in [0.2, 0.25) is 0 Å². The van der Waals surface area contributed by atoms with Gasteiger partial charge in [-0.2, -0.15) is 6.08 Å². The predicted molar refractivity (Wildman–Crippen MR) is 73.1 cm³/mol. The SMILES string of the molecule is Cc1cc(O)cc(C(C)(C)C)c1.[C-]1=CC=CC1.[Cl-].[Cl-].[Ti]. The summed E-state index contributed by atoms with van der Waals surface area (Å²) >= 11 is 0. The molecule has 0 amide bonds. The third kappa shape index (κ3) is 9.66. The zero-order chi connectivity index (χ0) is 12.9. The maximum Gasteiger partial charge on any atom is 0.116 e. The molecule has 20 heavy (non-hydrogen) atoms. The number of halogens is 2. The Labute approximate surface area is 150 Å². The van der Waals surface area contributed by atoms with Gasteiger partial charge in [-0.05, 0) is 35.6 Å². The summed E-state index contributed by atoms with van der Waals surface area (Å²) in [6.07, 6.45) is 10.0. The minimum absolute atomic E-state index is 0. The van der Waals surface area contributed by atoms with Crippen LogP contribution in [0.25, 0.3) is 0 Å². The zero-order valence-corrected chi connectivity index (χ0v) is 15.4. The molecule has 0 saturated carbocycles. The number of phenolic OH excluding ortho intramolecular Hbond substituents is 1. The number of allylic oxidation sites excluding steroid dienone is 4. The summed E-state index contributed by atoms with van der Waals surface area (Å²) in [4.78, 5) is 0. The van der Waals surface area contributed by atoms with Crippen molar-refractivity contribution in [3.05, 3.63) is 53.6 Å². The van der Waals surface area contributed by atoms with E-state index in [0.29, 0.717) is 5.75 Å². The van der Waals surface area contributed by atoms with Crippen molar-refractivity contribution >= 4 is 0 Å². The first kappa shape index (κ1) is 24.8.